The summed E-state index contributed by atoms with van der Waals surface area (Å²) in [6.45, 7) is 0.0751. The van der Waals surface area contributed by atoms with Crippen molar-refractivity contribution in [1.82, 2.24) is 24.7 Å². The largest absolute Gasteiger partial charge is 0.464 e. The summed E-state index contributed by atoms with van der Waals surface area (Å²) in [5.41, 5.74) is 2.26. The number of urea groups is 1. The zero-order chi connectivity index (χ0) is 24.9. The van der Waals surface area contributed by atoms with Crippen LogP contribution in [0.15, 0.2) is 47.6 Å². The van der Waals surface area contributed by atoms with E-state index in [9.17, 15) is 14.4 Å². The minimum Gasteiger partial charge on any atom is -0.464 e. The number of hydrogen-bond donors (Lipinski definition) is 2. The van der Waals surface area contributed by atoms with Gasteiger partial charge in [-0.3, -0.25) is 9.69 Å². The van der Waals surface area contributed by atoms with E-state index in [4.69, 9.17) is 11.6 Å². The molecule has 4 heterocycles. The smallest absolute Gasteiger partial charge is 0.356 e. The first-order chi connectivity index (χ1) is 16.8. The molecule has 11 nitrogen and oxygen atoms in total. The number of imide groups is 1. The minimum atomic E-state index is -0.699. The second kappa shape index (κ2) is 8.58. The number of methoxy groups -OCH3 is 1. The molecule has 2 N–H and O–H groups in total. The number of guanidine groups is 1. The number of esters is 1. The molecule has 2 aliphatic heterocycles. The van der Waals surface area contributed by atoms with Crippen LogP contribution in [0.2, 0.25) is 5.02 Å². The summed E-state index contributed by atoms with van der Waals surface area (Å²) in [6, 6.07) is 9.38. The van der Waals surface area contributed by atoms with Crippen molar-refractivity contribution in [3.8, 4) is 0 Å². The average molecular weight is 496 g/mol. The van der Waals surface area contributed by atoms with Crippen molar-refractivity contribution < 1.29 is 19.1 Å². The van der Waals surface area contributed by atoms with Crippen molar-refractivity contribution in [1.29, 1.82) is 0 Å². The molecular formula is C23H22ClN7O4. The van der Waals surface area contributed by atoms with E-state index >= 15 is 0 Å². The zero-order valence-electron chi connectivity index (χ0n) is 19.2. The van der Waals surface area contributed by atoms with Gasteiger partial charge in [0.1, 0.15) is 5.69 Å². The predicted octanol–water partition coefficient (Wildman–Crippen LogP) is 2.51. The molecule has 1 saturated heterocycles. The number of likely N-dealkylation sites (N-methyl/N-ethyl adjacent to an activating group) is 2. The number of anilines is 1. The maximum Gasteiger partial charge on any atom is 0.356 e. The van der Waals surface area contributed by atoms with Gasteiger partial charge in [-0.1, -0.05) is 17.7 Å². The lowest BCUT2D eigenvalue weighted by Gasteiger charge is -2.40. The van der Waals surface area contributed by atoms with Crippen LogP contribution in [-0.2, 0) is 16.1 Å². The lowest BCUT2D eigenvalue weighted by atomic mass is 10.1. The molecule has 0 saturated carbocycles. The SMILES string of the molecule is COC(=O)c1ccc(NC2=NC3C(C(=O)N(Cc4cc5c(Cl)cccc5[nH]4)C(=O)N3C)N2C)cn1. The molecule has 0 aliphatic carbocycles. The Labute approximate surface area is 205 Å². The first-order valence-electron chi connectivity index (χ1n) is 10.7. The van der Waals surface area contributed by atoms with Crippen LogP contribution < -0.4 is 5.32 Å². The van der Waals surface area contributed by atoms with Crippen molar-refractivity contribution in [3.63, 3.8) is 0 Å². The van der Waals surface area contributed by atoms with Gasteiger partial charge in [0.25, 0.3) is 5.91 Å². The summed E-state index contributed by atoms with van der Waals surface area (Å²) in [5.74, 6) is -0.495. The average Bonchev–Trinajstić information content (AvgIpc) is 3.42. The molecule has 5 rings (SSSR count). The molecule has 2 atom stereocenters. The number of aliphatic imine (C=N–C) groups is 1. The topological polar surface area (TPSA) is 123 Å². The fourth-order valence-electron chi connectivity index (χ4n) is 4.29. The van der Waals surface area contributed by atoms with E-state index < -0.39 is 24.2 Å². The number of nitrogens with zero attached hydrogens (tertiary/aromatic N) is 5. The molecule has 12 heteroatoms. The summed E-state index contributed by atoms with van der Waals surface area (Å²) in [5, 5.41) is 4.52. The van der Waals surface area contributed by atoms with Crippen molar-refractivity contribution in [2.45, 2.75) is 18.8 Å². The molecule has 0 radical (unpaired) electrons. The fraction of sp³-hybridized carbons (Fsp3) is 0.261. The maximum absolute atomic E-state index is 13.4. The van der Waals surface area contributed by atoms with E-state index in [1.807, 2.05) is 18.2 Å². The number of hydrogen-bond acceptors (Lipinski definition) is 8. The normalized spacial score (nSPS) is 19.8. The quantitative estimate of drug-likeness (QED) is 0.533. The van der Waals surface area contributed by atoms with Gasteiger partial charge in [-0.2, -0.15) is 0 Å². The van der Waals surface area contributed by atoms with Crippen LogP contribution in [-0.4, -0.2) is 81.9 Å². The Morgan fingerprint density at radius 2 is 2.00 bits per heavy atom. The Bertz CT molecular complexity index is 1370. The first kappa shape index (κ1) is 22.7. The number of rotatable bonds is 4. The van der Waals surface area contributed by atoms with Crippen LogP contribution in [0.4, 0.5) is 10.5 Å². The van der Waals surface area contributed by atoms with Gasteiger partial charge in [0, 0.05) is 35.7 Å². The summed E-state index contributed by atoms with van der Waals surface area (Å²) < 4.78 is 4.66. The van der Waals surface area contributed by atoms with E-state index in [1.54, 1.807) is 31.1 Å². The Morgan fingerprint density at radius 1 is 1.20 bits per heavy atom. The van der Waals surface area contributed by atoms with E-state index in [0.717, 1.165) is 10.9 Å². The molecule has 1 aromatic carbocycles. The number of fused-ring (bicyclic) bond motifs is 2. The highest BCUT2D eigenvalue weighted by Gasteiger charge is 2.51. The third kappa shape index (κ3) is 3.83. The third-order valence-electron chi connectivity index (χ3n) is 6.15. The molecule has 2 unspecified atom stereocenters. The summed E-state index contributed by atoms with van der Waals surface area (Å²) in [6.07, 6.45) is 0.785. The van der Waals surface area contributed by atoms with Crippen molar-refractivity contribution in [3.05, 3.63) is 59.0 Å². The molecule has 2 aromatic heterocycles. The molecular weight excluding hydrogens is 474 g/mol. The Kier molecular flexibility index (Phi) is 5.56. The number of halogens is 1. The number of aromatic amines is 1. The number of carbonyl (C=O) groups excluding carboxylic acids is 3. The number of ether oxygens (including phenoxy) is 1. The number of H-pyrrole nitrogens is 1. The summed E-state index contributed by atoms with van der Waals surface area (Å²) in [4.78, 5) is 54.4. The Balaban J connectivity index is 1.36. The zero-order valence-corrected chi connectivity index (χ0v) is 19.9. The number of benzene rings is 1. The van der Waals surface area contributed by atoms with E-state index in [2.05, 4.69) is 25.0 Å². The Morgan fingerprint density at radius 3 is 2.69 bits per heavy atom. The lowest BCUT2D eigenvalue weighted by Crippen LogP contribution is -2.64. The van der Waals surface area contributed by atoms with Gasteiger partial charge in [-0.05, 0) is 30.3 Å². The third-order valence-corrected chi connectivity index (χ3v) is 6.48. The van der Waals surface area contributed by atoms with Crippen molar-refractivity contribution in [2.75, 3.05) is 26.5 Å². The van der Waals surface area contributed by atoms with Gasteiger partial charge in [-0.25, -0.2) is 19.6 Å². The van der Waals surface area contributed by atoms with Crippen LogP contribution in [0, 0.1) is 0 Å². The second-order valence-electron chi connectivity index (χ2n) is 8.28. The van der Waals surface area contributed by atoms with Gasteiger partial charge in [0.05, 0.1) is 25.5 Å². The monoisotopic (exact) mass is 495 g/mol. The van der Waals surface area contributed by atoms with Crippen molar-refractivity contribution >= 4 is 52.1 Å². The number of pyridine rings is 1. The second-order valence-corrected chi connectivity index (χ2v) is 8.69. The van der Waals surface area contributed by atoms with Gasteiger partial charge in [-0.15, -0.1) is 0 Å². The first-order valence-corrected chi connectivity index (χ1v) is 11.1. The Hall–Kier alpha value is -4.12. The van der Waals surface area contributed by atoms with Gasteiger partial charge in [0.15, 0.2) is 12.2 Å². The summed E-state index contributed by atoms with van der Waals surface area (Å²) >= 11 is 6.27. The highest BCUT2D eigenvalue weighted by Crippen LogP contribution is 2.30. The molecule has 3 aromatic rings. The van der Waals surface area contributed by atoms with Crippen LogP contribution >= 0.6 is 11.6 Å². The summed E-state index contributed by atoms with van der Waals surface area (Å²) in [7, 11) is 4.63. The van der Waals surface area contributed by atoms with E-state index in [1.165, 1.54) is 29.2 Å². The van der Waals surface area contributed by atoms with E-state index in [-0.39, 0.29) is 18.1 Å². The molecule has 3 amide bonds. The van der Waals surface area contributed by atoms with Crippen LogP contribution in [0.5, 0.6) is 0 Å². The van der Waals surface area contributed by atoms with Crippen LogP contribution in [0.1, 0.15) is 16.2 Å². The van der Waals surface area contributed by atoms with Gasteiger partial charge < -0.3 is 24.8 Å². The molecule has 0 bridgehead atoms. The van der Waals surface area contributed by atoms with Gasteiger partial charge in [0.2, 0.25) is 5.96 Å². The van der Waals surface area contributed by atoms with Crippen LogP contribution in [0.3, 0.4) is 0 Å². The minimum absolute atomic E-state index is 0.0751. The number of carbonyl (C=O) groups is 3. The number of nitrogens with one attached hydrogen (secondary N) is 2. The maximum atomic E-state index is 13.4. The van der Waals surface area contributed by atoms with Crippen molar-refractivity contribution in [2.24, 2.45) is 4.99 Å². The molecule has 0 spiro atoms. The van der Waals surface area contributed by atoms with E-state index in [0.29, 0.717) is 22.4 Å². The molecule has 35 heavy (non-hydrogen) atoms. The standard InChI is InChI=1S/C23H22ClN7O4/c1-29-18-19(28-22(29)27-12-7-8-17(25-10-12)21(33)35-3)30(2)23(34)31(20(18)32)11-13-9-14-15(24)5-4-6-16(14)26-13/h4-10,18-19,26H,11H2,1-3H3,(H,27,28). The fourth-order valence-corrected chi connectivity index (χ4v) is 4.52. The lowest BCUT2D eigenvalue weighted by molar-refractivity contribution is -0.137. The highest BCUT2D eigenvalue weighted by molar-refractivity contribution is 6.35. The number of amides is 3. The van der Waals surface area contributed by atoms with Crippen LogP contribution in [0.25, 0.3) is 10.9 Å². The molecule has 2 aliphatic rings. The highest BCUT2D eigenvalue weighted by atomic mass is 35.5. The predicted molar refractivity (Wildman–Crippen MR) is 129 cm³/mol. The number of aromatic nitrogens is 2. The molecule has 1 fully saturated rings. The molecule has 180 valence electrons. The van der Waals surface area contributed by atoms with Gasteiger partial charge >= 0.3 is 12.0 Å².